The largest absolute Gasteiger partial charge is 0.321 e. The number of amides is 1. The van der Waals surface area contributed by atoms with Gasteiger partial charge >= 0.3 is 0 Å². The first-order valence-corrected chi connectivity index (χ1v) is 8.40. The van der Waals surface area contributed by atoms with Crippen LogP contribution in [0.1, 0.15) is 10.4 Å². The Morgan fingerprint density at radius 2 is 1.71 bits per heavy atom. The predicted octanol–water partition coefficient (Wildman–Crippen LogP) is 5.27. The van der Waals surface area contributed by atoms with Gasteiger partial charge in [0.2, 0.25) is 0 Å². The number of carbonyl (C=O) groups is 1. The van der Waals surface area contributed by atoms with Crippen LogP contribution < -0.4 is 5.32 Å². The van der Waals surface area contributed by atoms with Crippen LogP contribution in [0, 0.1) is 2.88 Å². The van der Waals surface area contributed by atoms with Gasteiger partial charge in [0.25, 0.3) is 5.91 Å². The molecule has 0 aliphatic carbocycles. The molecule has 104 valence electrons. The summed E-state index contributed by atoms with van der Waals surface area (Å²) in [5.41, 5.74) is 3.65. The number of anilines is 1. The predicted molar refractivity (Wildman–Crippen MR) is 96.9 cm³/mol. The lowest BCUT2D eigenvalue weighted by atomic mass is 10.0. The van der Waals surface area contributed by atoms with Crippen LogP contribution >= 0.6 is 33.9 Å². The van der Waals surface area contributed by atoms with Crippen molar-refractivity contribution in [2.45, 2.75) is 0 Å². The third kappa shape index (κ3) is 3.33. The third-order valence-electron chi connectivity index (χ3n) is 3.09. The second-order valence-electron chi connectivity index (χ2n) is 4.51. The van der Waals surface area contributed by atoms with Gasteiger partial charge in [0.15, 0.2) is 0 Å². The van der Waals surface area contributed by atoms with Crippen molar-refractivity contribution in [3.05, 3.63) is 74.5 Å². The van der Waals surface area contributed by atoms with E-state index in [4.69, 9.17) is 0 Å². The lowest BCUT2D eigenvalue weighted by Crippen LogP contribution is -2.11. The Labute approximate surface area is 141 Å². The van der Waals surface area contributed by atoms with Crippen molar-refractivity contribution in [2.75, 3.05) is 5.32 Å². The van der Waals surface area contributed by atoms with E-state index in [-0.39, 0.29) is 5.91 Å². The molecule has 0 aliphatic heterocycles. The molecule has 0 fully saturated rings. The van der Waals surface area contributed by atoms with E-state index in [9.17, 15) is 4.79 Å². The molecule has 0 saturated carbocycles. The molecular weight excluding hydrogens is 393 g/mol. The number of carbonyl (C=O) groups excluding carboxylic acids is 1. The summed E-state index contributed by atoms with van der Waals surface area (Å²) < 4.78 is 1.11. The molecule has 3 aromatic rings. The number of nitrogens with one attached hydrogen (secondary N) is 1. The van der Waals surface area contributed by atoms with Gasteiger partial charge in [-0.25, -0.2) is 0 Å². The zero-order valence-corrected chi connectivity index (χ0v) is 14.0. The van der Waals surface area contributed by atoms with E-state index in [0.717, 1.165) is 19.7 Å². The van der Waals surface area contributed by atoms with Gasteiger partial charge in [-0.15, -0.1) is 11.3 Å². The average molecular weight is 405 g/mol. The molecule has 21 heavy (non-hydrogen) atoms. The molecule has 0 atom stereocenters. The summed E-state index contributed by atoms with van der Waals surface area (Å²) >= 11 is 3.79. The normalized spacial score (nSPS) is 10.3. The first-order valence-electron chi connectivity index (χ1n) is 6.44. The fourth-order valence-electron chi connectivity index (χ4n) is 2.09. The molecule has 1 heterocycles. The smallest absolute Gasteiger partial charge is 0.256 e. The molecule has 0 radical (unpaired) electrons. The van der Waals surface area contributed by atoms with Gasteiger partial charge in [-0.05, 0) is 40.3 Å². The number of hydrogen-bond acceptors (Lipinski definition) is 2. The van der Waals surface area contributed by atoms with Crippen LogP contribution in [0.5, 0.6) is 0 Å². The molecule has 2 nitrogen and oxygen atoms in total. The molecule has 0 unspecified atom stereocenters. The second kappa shape index (κ2) is 6.41. The molecule has 0 spiro atoms. The average Bonchev–Trinajstić information content (AvgIpc) is 2.95. The Morgan fingerprint density at radius 1 is 1.00 bits per heavy atom. The second-order valence-corrected chi connectivity index (χ2v) is 7.31. The van der Waals surface area contributed by atoms with Gasteiger partial charge < -0.3 is 5.32 Å². The minimum absolute atomic E-state index is 0.0717. The van der Waals surface area contributed by atoms with Crippen LogP contribution in [0.4, 0.5) is 5.69 Å². The maximum Gasteiger partial charge on any atom is 0.256 e. The number of benzene rings is 2. The lowest BCUT2D eigenvalue weighted by molar-refractivity contribution is 0.102. The summed E-state index contributed by atoms with van der Waals surface area (Å²) in [5, 5.41) is 4.88. The Morgan fingerprint density at radius 3 is 2.43 bits per heavy atom. The highest BCUT2D eigenvalue weighted by molar-refractivity contribution is 14.1. The molecule has 0 aliphatic rings. The van der Waals surface area contributed by atoms with Gasteiger partial charge in [0, 0.05) is 16.6 Å². The monoisotopic (exact) mass is 405 g/mol. The summed E-state index contributed by atoms with van der Waals surface area (Å²) in [5.74, 6) is -0.0717. The van der Waals surface area contributed by atoms with Crippen LogP contribution in [0.15, 0.2) is 66.0 Å². The highest BCUT2D eigenvalue weighted by atomic mass is 127. The highest BCUT2D eigenvalue weighted by Gasteiger charge is 2.11. The highest BCUT2D eigenvalue weighted by Crippen LogP contribution is 2.28. The van der Waals surface area contributed by atoms with Gasteiger partial charge in [-0.3, -0.25) is 4.79 Å². The minimum Gasteiger partial charge on any atom is -0.321 e. The number of rotatable bonds is 3. The van der Waals surface area contributed by atoms with Crippen LogP contribution in [0.2, 0.25) is 0 Å². The maximum atomic E-state index is 12.3. The number of halogens is 1. The van der Waals surface area contributed by atoms with E-state index in [1.165, 1.54) is 0 Å². The molecule has 1 aromatic heterocycles. The summed E-state index contributed by atoms with van der Waals surface area (Å²) in [4.78, 5) is 12.3. The van der Waals surface area contributed by atoms with E-state index in [2.05, 4.69) is 27.9 Å². The maximum absolute atomic E-state index is 12.3. The SMILES string of the molecule is O=C(Nc1ccccc1-c1ccccc1)c1csc(I)c1. The van der Waals surface area contributed by atoms with Crippen molar-refractivity contribution in [3.8, 4) is 11.1 Å². The van der Waals surface area contributed by atoms with E-state index in [1.807, 2.05) is 66.0 Å². The van der Waals surface area contributed by atoms with Crippen LogP contribution in [-0.4, -0.2) is 5.91 Å². The number of hydrogen-bond donors (Lipinski definition) is 1. The van der Waals surface area contributed by atoms with E-state index in [0.29, 0.717) is 5.56 Å². The van der Waals surface area contributed by atoms with Crippen molar-refractivity contribution in [1.82, 2.24) is 0 Å². The molecule has 1 amide bonds. The quantitative estimate of drug-likeness (QED) is 0.591. The van der Waals surface area contributed by atoms with Crippen LogP contribution in [0.25, 0.3) is 11.1 Å². The van der Waals surface area contributed by atoms with Crippen LogP contribution in [-0.2, 0) is 0 Å². The zero-order valence-electron chi connectivity index (χ0n) is 11.0. The summed E-state index contributed by atoms with van der Waals surface area (Å²) in [6.45, 7) is 0. The van der Waals surface area contributed by atoms with Gasteiger partial charge in [-0.1, -0.05) is 48.5 Å². The Balaban J connectivity index is 1.91. The van der Waals surface area contributed by atoms with Crippen LogP contribution in [0.3, 0.4) is 0 Å². The third-order valence-corrected chi connectivity index (χ3v) is 4.88. The molecule has 3 rings (SSSR count). The molecule has 0 bridgehead atoms. The summed E-state index contributed by atoms with van der Waals surface area (Å²) in [7, 11) is 0. The Hall–Kier alpha value is -1.66. The molecular formula is C17H12INOS. The summed E-state index contributed by atoms with van der Waals surface area (Å²) in [6.07, 6.45) is 0. The van der Waals surface area contributed by atoms with Crippen molar-refractivity contribution in [2.24, 2.45) is 0 Å². The van der Waals surface area contributed by atoms with Gasteiger partial charge in [0.05, 0.1) is 8.45 Å². The molecule has 2 aromatic carbocycles. The van der Waals surface area contributed by atoms with Gasteiger partial charge in [0.1, 0.15) is 0 Å². The van der Waals surface area contributed by atoms with Crippen molar-refractivity contribution in [3.63, 3.8) is 0 Å². The van der Waals surface area contributed by atoms with E-state index >= 15 is 0 Å². The number of thiophene rings is 1. The topological polar surface area (TPSA) is 29.1 Å². The molecule has 4 heteroatoms. The van der Waals surface area contributed by atoms with Crippen molar-refractivity contribution >= 4 is 45.5 Å². The van der Waals surface area contributed by atoms with Gasteiger partial charge in [-0.2, -0.15) is 0 Å². The fourth-order valence-corrected chi connectivity index (χ4v) is 3.41. The van der Waals surface area contributed by atoms with E-state index < -0.39 is 0 Å². The fraction of sp³-hybridized carbons (Fsp3) is 0. The first kappa shape index (κ1) is 14.3. The first-order chi connectivity index (χ1) is 10.2. The van der Waals surface area contributed by atoms with Crippen molar-refractivity contribution < 1.29 is 4.79 Å². The zero-order chi connectivity index (χ0) is 14.7. The minimum atomic E-state index is -0.0717. The standard InChI is InChI=1S/C17H12INOS/c18-16-10-13(11-21-16)17(20)19-15-9-5-4-8-14(15)12-6-2-1-3-7-12/h1-11H,(H,19,20). The van der Waals surface area contributed by atoms with Crippen molar-refractivity contribution in [1.29, 1.82) is 0 Å². The summed E-state index contributed by atoms with van der Waals surface area (Å²) in [6, 6.07) is 19.8. The van der Waals surface area contributed by atoms with E-state index in [1.54, 1.807) is 11.3 Å². The Kier molecular flexibility index (Phi) is 4.36. The lowest BCUT2D eigenvalue weighted by Gasteiger charge is -2.10. The molecule has 1 N–H and O–H groups in total. The Bertz CT molecular complexity index is 767. The number of para-hydroxylation sites is 1. The molecule has 0 saturated heterocycles.